The van der Waals surface area contributed by atoms with E-state index in [1.54, 1.807) is 18.3 Å². The van der Waals surface area contributed by atoms with Crippen LogP contribution < -0.4 is 5.32 Å². The van der Waals surface area contributed by atoms with E-state index in [0.29, 0.717) is 18.7 Å². The van der Waals surface area contributed by atoms with Crippen molar-refractivity contribution in [2.75, 3.05) is 6.54 Å². The minimum absolute atomic E-state index is 0.189. The molecule has 0 spiro atoms. The number of halogens is 1. The lowest BCUT2D eigenvalue weighted by atomic mass is 10.0. The summed E-state index contributed by atoms with van der Waals surface area (Å²) in [6.07, 6.45) is 4.15. The topological polar surface area (TPSA) is 68.5 Å². The zero-order valence-electron chi connectivity index (χ0n) is 12.5. The van der Waals surface area contributed by atoms with Crippen LogP contribution in [-0.4, -0.2) is 34.0 Å². The normalized spacial score (nSPS) is 16.7. The molecule has 120 valence electrons. The molecule has 0 fully saturated rings. The number of nitrogens with zero attached hydrogens (tertiary/aromatic N) is 3. The Morgan fingerprint density at radius 3 is 2.96 bits per heavy atom. The van der Waals surface area contributed by atoms with Gasteiger partial charge in [-0.1, -0.05) is 17.3 Å². The van der Waals surface area contributed by atoms with Crippen molar-refractivity contribution in [3.05, 3.63) is 54.1 Å². The average molecular weight is 316 g/mol. The summed E-state index contributed by atoms with van der Waals surface area (Å²) in [6.45, 7) is 1.29. The Bertz CT molecular complexity index is 683. The Hall–Kier alpha value is -2.70. The van der Waals surface area contributed by atoms with E-state index in [4.69, 9.17) is 4.84 Å². The fraction of sp³-hybridized carbons (Fsp3) is 0.312. The summed E-state index contributed by atoms with van der Waals surface area (Å²) in [5.41, 5.74) is 1.42. The maximum Gasteiger partial charge on any atom is 0.264 e. The lowest BCUT2D eigenvalue weighted by molar-refractivity contribution is -0.131. The van der Waals surface area contributed by atoms with Gasteiger partial charge in [0.15, 0.2) is 0 Å². The van der Waals surface area contributed by atoms with E-state index in [2.05, 4.69) is 15.6 Å². The van der Waals surface area contributed by atoms with Crippen LogP contribution in [0.2, 0.25) is 0 Å². The molecule has 0 saturated carbocycles. The van der Waals surface area contributed by atoms with E-state index in [0.717, 1.165) is 18.5 Å². The molecule has 1 amide bonds. The van der Waals surface area contributed by atoms with Gasteiger partial charge in [-0.25, -0.2) is 4.39 Å². The summed E-state index contributed by atoms with van der Waals surface area (Å²) in [4.78, 5) is 17.2. The third kappa shape index (κ3) is 3.94. The van der Waals surface area contributed by atoms with Crippen LogP contribution in [0.5, 0.6) is 0 Å². The van der Waals surface area contributed by atoms with Crippen LogP contribution in [0.4, 0.5) is 4.39 Å². The number of hydrogen-bond donors (Lipinski definition) is 1. The standard InChI is InChI=1S/C16H17FN4O2/c17-13-5-3-12(4-6-13)14-11-15(23-20-14)16(22)18-7-1-9-21-10-2-8-19-21/h2-6,8,10,15H,1,7,9,11H2,(H,18,22). The molecule has 23 heavy (non-hydrogen) atoms. The predicted octanol–water partition coefficient (Wildman–Crippen LogP) is 1.72. The first-order chi connectivity index (χ1) is 11.2. The van der Waals surface area contributed by atoms with Gasteiger partial charge < -0.3 is 10.2 Å². The molecule has 1 unspecified atom stereocenters. The minimum Gasteiger partial charge on any atom is -0.382 e. The second-order valence-electron chi connectivity index (χ2n) is 5.26. The fourth-order valence-electron chi connectivity index (χ4n) is 2.33. The first kappa shape index (κ1) is 15.2. The number of benzene rings is 1. The highest BCUT2D eigenvalue weighted by Gasteiger charge is 2.28. The second kappa shape index (κ2) is 7.04. The molecule has 1 aliphatic rings. The molecule has 2 aromatic rings. The Balaban J connectivity index is 1.42. The van der Waals surface area contributed by atoms with Crippen molar-refractivity contribution in [2.45, 2.75) is 25.5 Å². The molecule has 0 bridgehead atoms. The number of carbonyl (C=O) groups excluding carboxylic acids is 1. The molecule has 1 N–H and O–H groups in total. The number of oxime groups is 1. The third-order valence-electron chi connectivity index (χ3n) is 3.56. The van der Waals surface area contributed by atoms with Gasteiger partial charge in [-0.2, -0.15) is 5.10 Å². The monoisotopic (exact) mass is 316 g/mol. The zero-order valence-corrected chi connectivity index (χ0v) is 12.5. The Kier molecular flexibility index (Phi) is 4.65. The molecule has 1 atom stereocenters. The van der Waals surface area contributed by atoms with Crippen LogP contribution >= 0.6 is 0 Å². The van der Waals surface area contributed by atoms with Crippen molar-refractivity contribution in [1.29, 1.82) is 0 Å². The number of amides is 1. The van der Waals surface area contributed by atoms with E-state index in [1.165, 1.54) is 12.1 Å². The van der Waals surface area contributed by atoms with Crippen molar-refractivity contribution >= 4 is 11.6 Å². The predicted molar refractivity (Wildman–Crippen MR) is 82.3 cm³/mol. The molecule has 1 aromatic carbocycles. The van der Waals surface area contributed by atoms with Crippen molar-refractivity contribution in [3.63, 3.8) is 0 Å². The molecule has 7 heteroatoms. The van der Waals surface area contributed by atoms with Crippen LogP contribution in [0.3, 0.4) is 0 Å². The molecule has 2 heterocycles. The van der Waals surface area contributed by atoms with Gasteiger partial charge in [0.05, 0.1) is 5.71 Å². The highest BCUT2D eigenvalue weighted by Crippen LogP contribution is 2.17. The van der Waals surface area contributed by atoms with Gasteiger partial charge in [-0.15, -0.1) is 0 Å². The molecule has 0 saturated heterocycles. The van der Waals surface area contributed by atoms with Gasteiger partial charge in [-0.3, -0.25) is 9.48 Å². The number of rotatable bonds is 6. The number of carbonyl (C=O) groups is 1. The summed E-state index contributed by atoms with van der Waals surface area (Å²) in [5, 5.41) is 10.9. The van der Waals surface area contributed by atoms with Crippen molar-refractivity contribution in [3.8, 4) is 0 Å². The van der Waals surface area contributed by atoms with E-state index >= 15 is 0 Å². The Morgan fingerprint density at radius 1 is 1.39 bits per heavy atom. The quantitative estimate of drug-likeness (QED) is 0.825. The maximum absolute atomic E-state index is 12.9. The van der Waals surface area contributed by atoms with Gasteiger partial charge in [0.1, 0.15) is 5.82 Å². The first-order valence-corrected chi connectivity index (χ1v) is 7.46. The first-order valence-electron chi connectivity index (χ1n) is 7.46. The molecule has 0 aliphatic carbocycles. The largest absolute Gasteiger partial charge is 0.382 e. The second-order valence-corrected chi connectivity index (χ2v) is 5.26. The number of aryl methyl sites for hydroxylation is 1. The Morgan fingerprint density at radius 2 is 2.22 bits per heavy atom. The van der Waals surface area contributed by atoms with Crippen LogP contribution in [0.1, 0.15) is 18.4 Å². The average Bonchev–Trinajstić information content (AvgIpc) is 3.24. The summed E-state index contributed by atoms with van der Waals surface area (Å²) in [6, 6.07) is 7.84. The summed E-state index contributed by atoms with van der Waals surface area (Å²) in [7, 11) is 0. The fourth-order valence-corrected chi connectivity index (χ4v) is 2.33. The molecular weight excluding hydrogens is 299 g/mol. The summed E-state index contributed by atoms with van der Waals surface area (Å²) < 4.78 is 14.7. The third-order valence-corrected chi connectivity index (χ3v) is 3.56. The number of nitrogens with one attached hydrogen (secondary N) is 1. The number of aromatic nitrogens is 2. The summed E-state index contributed by atoms with van der Waals surface area (Å²) in [5.74, 6) is -0.494. The van der Waals surface area contributed by atoms with Gasteiger partial charge in [0.25, 0.3) is 5.91 Å². The highest BCUT2D eigenvalue weighted by molar-refractivity contribution is 6.04. The molecule has 6 nitrogen and oxygen atoms in total. The van der Waals surface area contributed by atoms with Crippen molar-refractivity contribution < 1.29 is 14.0 Å². The molecular formula is C16H17FN4O2. The lowest BCUT2D eigenvalue weighted by Crippen LogP contribution is -2.35. The van der Waals surface area contributed by atoms with Crippen molar-refractivity contribution in [1.82, 2.24) is 15.1 Å². The molecule has 0 radical (unpaired) electrons. The zero-order chi connectivity index (χ0) is 16.1. The van der Waals surface area contributed by atoms with Gasteiger partial charge in [-0.05, 0) is 30.2 Å². The van der Waals surface area contributed by atoms with Gasteiger partial charge in [0, 0.05) is 31.9 Å². The lowest BCUT2D eigenvalue weighted by Gasteiger charge is -2.09. The Labute approximate surface area is 132 Å². The van der Waals surface area contributed by atoms with Crippen LogP contribution in [0, 0.1) is 5.82 Å². The van der Waals surface area contributed by atoms with E-state index in [1.807, 2.05) is 16.9 Å². The van der Waals surface area contributed by atoms with Gasteiger partial charge in [0.2, 0.25) is 6.10 Å². The molecule has 1 aromatic heterocycles. The smallest absolute Gasteiger partial charge is 0.264 e. The van der Waals surface area contributed by atoms with E-state index in [-0.39, 0.29) is 11.7 Å². The van der Waals surface area contributed by atoms with Crippen LogP contribution in [0.25, 0.3) is 0 Å². The SMILES string of the molecule is O=C(NCCCn1cccn1)C1CC(c2ccc(F)cc2)=NO1. The maximum atomic E-state index is 12.9. The highest BCUT2D eigenvalue weighted by atomic mass is 19.1. The van der Waals surface area contributed by atoms with E-state index < -0.39 is 6.10 Å². The molecule has 1 aliphatic heterocycles. The summed E-state index contributed by atoms with van der Waals surface area (Å²) >= 11 is 0. The number of hydrogen-bond acceptors (Lipinski definition) is 4. The van der Waals surface area contributed by atoms with Gasteiger partial charge >= 0.3 is 0 Å². The molecule has 3 rings (SSSR count). The van der Waals surface area contributed by atoms with Crippen molar-refractivity contribution in [2.24, 2.45) is 5.16 Å². The van der Waals surface area contributed by atoms with E-state index in [9.17, 15) is 9.18 Å². The van der Waals surface area contributed by atoms with Crippen LogP contribution in [-0.2, 0) is 16.2 Å². The van der Waals surface area contributed by atoms with Crippen LogP contribution in [0.15, 0.2) is 47.9 Å². The minimum atomic E-state index is -0.625.